The lowest BCUT2D eigenvalue weighted by Crippen LogP contribution is -2.38. The van der Waals surface area contributed by atoms with E-state index in [1.807, 2.05) is 40.6 Å². The van der Waals surface area contributed by atoms with Crippen LogP contribution in [0.2, 0.25) is 0 Å². The molecule has 1 atom stereocenters. The second-order valence-electron chi connectivity index (χ2n) is 7.76. The molecule has 0 bridgehead atoms. The standard InChI is InChI=1S/C19H22N6O3/c1-19(2,3)28-18(27)25-11-13(21-17(25)26)16-20-8-10-24(16)14-6-5-12-7-9-23(4)15(12)22-14/h5-10,13H,11H2,1-4H3,(H,21,26)/t13-/m0/s1. The summed E-state index contributed by atoms with van der Waals surface area (Å²) in [5, 5.41) is 3.84. The highest BCUT2D eigenvalue weighted by Crippen LogP contribution is 2.24. The molecular weight excluding hydrogens is 360 g/mol. The second kappa shape index (κ2) is 6.36. The number of fused-ring (bicyclic) bond motifs is 1. The highest BCUT2D eigenvalue weighted by Gasteiger charge is 2.38. The molecule has 3 aromatic heterocycles. The summed E-state index contributed by atoms with van der Waals surface area (Å²) in [5.74, 6) is 1.28. The van der Waals surface area contributed by atoms with E-state index in [9.17, 15) is 9.59 Å². The third-order valence-electron chi connectivity index (χ3n) is 4.45. The van der Waals surface area contributed by atoms with Crippen molar-refractivity contribution in [2.45, 2.75) is 32.4 Å². The van der Waals surface area contributed by atoms with Crippen molar-refractivity contribution in [3.8, 4) is 5.82 Å². The molecule has 3 amide bonds. The lowest BCUT2D eigenvalue weighted by Gasteiger charge is -2.22. The summed E-state index contributed by atoms with van der Waals surface area (Å²) in [4.78, 5) is 34.7. The molecule has 1 aliphatic rings. The quantitative estimate of drug-likeness (QED) is 0.735. The Morgan fingerprint density at radius 2 is 2.04 bits per heavy atom. The van der Waals surface area contributed by atoms with Crippen LogP contribution in [0.15, 0.2) is 36.8 Å². The number of aryl methyl sites for hydroxylation is 1. The van der Waals surface area contributed by atoms with Gasteiger partial charge in [0.25, 0.3) is 0 Å². The van der Waals surface area contributed by atoms with Crippen LogP contribution in [0.4, 0.5) is 9.59 Å². The van der Waals surface area contributed by atoms with Crippen molar-refractivity contribution in [2.75, 3.05) is 6.54 Å². The van der Waals surface area contributed by atoms with Crippen LogP contribution >= 0.6 is 0 Å². The van der Waals surface area contributed by atoms with E-state index < -0.39 is 23.8 Å². The molecule has 0 saturated carbocycles. The minimum atomic E-state index is -0.678. The van der Waals surface area contributed by atoms with Crippen LogP contribution in [-0.2, 0) is 11.8 Å². The molecule has 1 N–H and O–H groups in total. The summed E-state index contributed by atoms with van der Waals surface area (Å²) in [6, 6.07) is 4.93. The van der Waals surface area contributed by atoms with Crippen molar-refractivity contribution in [2.24, 2.45) is 7.05 Å². The first-order valence-electron chi connectivity index (χ1n) is 9.00. The zero-order chi connectivity index (χ0) is 20.1. The molecule has 1 fully saturated rings. The minimum absolute atomic E-state index is 0.136. The van der Waals surface area contributed by atoms with Crippen molar-refractivity contribution >= 4 is 23.2 Å². The van der Waals surface area contributed by atoms with Gasteiger partial charge in [0.15, 0.2) is 0 Å². The Morgan fingerprint density at radius 1 is 1.25 bits per heavy atom. The number of pyridine rings is 1. The monoisotopic (exact) mass is 382 g/mol. The average molecular weight is 382 g/mol. The number of urea groups is 1. The Balaban J connectivity index is 1.61. The molecule has 146 valence electrons. The summed E-state index contributed by atoms with van der Waals surface area (Å²) in [6.07, 6.45) is 4.71. The molecule has 4 heterocycles. The number of amides is 3. The van der Waals surface area contributed by atoms with E-state index in [1.165, 1.54) is 0 Å². The topological polar surface area (TPSA) is 94.3 Å². The Kier molecular flexibility index (Phi) is 4.10. The first-order valence-corrected chi connectivity index (χ1v) is 9.00. The summed E-state index contributed by atoms with van der Waals surface area (Å²) >= 11 is 0. The smallest absolute Gasteiger partial charge is 0.418 e. The highest BCUT2D eigenvalue weighted by atomic mass is 16.6. The molecule has 1 aliphatic heterocycles. The third-order valence-corrected chi connectivity index (χ3v) is 4.45. The van der Waals surface area contributed by atoms with Crippen molar-refractivity contribution in [1.29, 1.82) is 0 Å². The molecule has 0 aliphatic carbocycles. The molecular formula is C19H22N6O3. The fourth-order valence-electron chi connectivity index (χ4n) is 3.18. The summed E-state index contributed by atoms with van der Waals surface area (Å²) in [6.45, 7) is 5.41. The van der Waals surface area contributed by atoms with Crippen LogP contribution in [0.25, 0.3) is 16.9 Å². The number of carbonyl (C=O) groups excluding carboxylic acids is 2. The second-order valence-corrected chi connectivity index (χ2v) is 7.76. The van der Waals surface area contributed by atoms with Crippen LogP contribution < -0.4 is 5.32 Å². The lowest BCUT2D eigenvalue weighted by molar-refractivity contribution is 0.0348. The van der Waals surface area contributed by atoms with E-state index >= 15 is 0 Å². The number of rotatable bonds is 2. The number of imidazole rings is 1. The highest BCUT2D eigenvalue weighted by molar-refractivity contribution is 5.93. The summed E-state index contributed by atoms with van der Waals surface area (Å²) in [5.41, 5.74) is 0.172. The third kappa shape index (κ3) is 3.19. The maximum atomic E-state index is 12.3. The SMILES string of the molecule is Cn1ccc2ccc(-n3ccnc3[C@@H]3CN(C(=O)OC(C)(C)C)C(=O)N3)nc21. The first-order chi connectivity index (χ1) is 13.2. The fourth-order valence-corrected chi connectivity index (χ4v) is 3.18. The molecule has 0 unspecified atom stereocenters. The van der Waals surface area contributed by atoms with Crippen LogP contribution in [-0.4, -0.2) is 48.3 Å². The number of nitrogens with zero attached hydrogens (tertiary/aromatic N) is 5. The van der Waals surface area contributed by atoms with Gasteiger partial charge in [0.1, 0.15) is 28.9 Å². The summed E-state index contributed by atoms with van der Waals surface area (Å²) in [7, 11) is 1.93. The predicted molar refractivity (Wildman–Crippen MR) is 102 cm³/mol. The number of imide groups is 1. The molecule has 3 aromatic rings. The normalized spacial score (nSPS) is 17.2. The van der Waals surface area contributed by atoms with Gasteiger partial charge in [0.05, 0.1) is 6.54 Å². The van der Waals surface area contributed by atoms with Gasteiger partial charge in [-0.25, -0.2) is 24.5 Å². The van der Waals surface area contributed by atoms with E-state index in [1.54, 1.807) is 33.2 Å². The van der Waals surface area contributed by atoms with Crippen LogP contribution in [0.3, 0.4) is 0 Å². The Labute approximate surface area is 161 Å². The Bertz CT molecular complexity index is 1060. The van der Waals surface area contributed by atoms with Gasteiger partial charge in [-0.1, -0.05) is 0 Å². The van der Waals surface area contributed by atoms with Crippen LogP contribution in [0, 0.1) is 0 Å². The molecule has 28 heavy (non-hydrogen) atoms. The zero-order valence-corrected chi connectivity index (χ0v) is 16.2. The van der Waals surface area contributed by atoms with E-state index in [4.69, 9.17) is 9.72 Å². The molecule has 0 spiro atoms. The summed E-state index contributed by atoms with van der Waals surface area (Å²) < 4.78 is 9.07. The van der Waals surface area contributed by atoms with Crippen LogP contribution in [0.5, 0.6) is 0 Å². The Morgan fingerprint density at radius 3 is 2.79 bits per heavy atom. The van der Waals surface area contributed by atoms with E-state index in [0.717, 1.165) is 15.9 Å². The van der Waals surface area contributed by atoms with Crippen molar-refractivity contribution in [1.82, 2.24) is 29.3 Å². The number of nitrogens with one attached hydrogen (secondary N) is 1. The van der Waals surface area contributed by atoms with Crippen LogP contribution in [0.1, 0.15) is 32.6 Å². The Hall–Kier alpha value is -3.36. The number of ether oxygens (including phenoxy) is 1. The maximum Gasteiger partial charge on any atom is 0.418 e. The number of carbonyl (C=O) groups is 2. The van der Waals surface area contributed by atoms with Crippen molar-refractivity contribution in [3.05, 3.63) is 42.6 Å². The molecule has 9 heteroatoms. The van der Waals surface area contributed by atoms with Gasteiger partial charge in [-0.2, -0.15) is 0 Å². The number of aromatic nitrogens is 4. The van der Waals surface area contributed by atoms with Crippen molar-refractivity contribution in [3.63, 3.8) is 0 Å². The molecule has 4 rings (SSSR count). The molecule has 9 nitrogen and oxygen atoms in total. The minimum Gasteiger partial charge on any atom is -0.443 e. The molecule has 0 radical (unpaired) electrons. The van der Waals surface area contributed by atoms with Gasteiger partial charge in [0, 0.05) is 31.0 Å². The van der Waals surface area contributed by atoms with Gasteiger partial charge >= 0.3 is 12.1 Å². The van der Waals surface area contributed by atoms with Gasteiger partial charge in [-0.05, 0) is 39.0 Å². The van der Waals surface area contributed by atoms with E-state index in [0.29, 0.717) is 11.6 Å². The molecule has 0 aromatic carbocycles. The number of hydrogen-bond acceptors (Lipinski definition) is 5. The number of hydrogen-bond donors (Lipinski definition) is 1. The van der Waals surface area contributed by atoms with Gasteiger partial charge in [-0.15, -0.1) is 0 Å². The first kappa shape index (κ1) is 18.0. The van der Waals surface area contributed by atoms with E-state index in [-0.39, 0.29) is 6.54 Å². The maximum absolute atomic E-state index is 12.3. The fraction of sp³-hybridized carbons (Fsp3) is 0.368. The average Bonchev–Trinajstić information content (AvgIpc) is 3.31. The van der Waals surface area contributed by atoms with Gasteiger partial charge in [-0.3, -0.25) is 4.57 Å². The molecule has 1 saturated heterocycles. The largest absolute Gasteiger partial charge is 0.443 e. The predicted octanol–water partition coefficient (Wildman–Crippen LogP) is 2.76. The van der Waals surface area contributed by atoms with E-state index in [2.05, 4.69) is 10.3 Å². The van der Waals surface area contributed by atoms with Gasteiger partial charge < -0.3 is 14.6 Å². The van der Waals surface area contributed by atoms with Crippen molar-refractivity contribution < 1.29 is 14.3 Å². The van der Waals surface area contributed by atoms with Gasteiger partial charge in [0.2, 0.25) is 0 Å². The lowest BCUT2D eigenvalue weighted by atomic mass is 10.2. The zero-order valence-electron chi connectivity index (χ0n) is 16.2.